The van der Waals surface area contributed by atoms with Crippen molar-refractivity contribution >= 4 is 28.6 Å². The molecule has 0 bridgehead atoms. The molecule has 2 aliphatic heterocycles. The average molecular weight is 506 g/mol. The Hall–Kier alpha value is -3.54. The van der Waals surface area contributed by atoms with Crippen molar-refractivity contribution in [2.24, 2.45) is 17.8 Å². The van der Waals surface area contributed by atoms with Crippen molar-refractivity contribution in [3.8, 4) is 11.8 Å². The van der Waals surface area contributed by atoms with E-state index in [1.165, 1.54) is 19.3 Å². The minimum Gasteiger partial charge on any atom is -0.496 e. The Labute approximate surface area is 216 Å². The van der Waals surface area contributed by atoms with E-state index in [2.05, 4.69) is 21.7 Å². The number of H-pyrrole nitrogens is 1. The normalized spacial score (nSPS) is 25.0. The van der Waals surface area contributed by atoms with E-state index in [1.54, 1.807) is 18.1 Å². The van der Waals surface area contributed by atoms with Crippen molar-refractivity contribution < 1.29 is 19.1 Å². The van der Waals surface area contributed by atoms with Crippen LogP contribution in [0, 0.1) is 29.1 Å². The maximum Gasteiger partial charge on any atom is 0.270 e. The summed E-state index contributed by atoms with van der Waals surface area (Å²) in [7, 11) is 1.60. The number of likely N-dealkylation sites (tertiary alicyclic amines) is 1. The maximum absolute atomic E-state index is 13.8. The van der Waals surface area contributed by atoms with Crippen LogP contribution < -0.4 is 15.4 Å². The van der Waals surface area contributed by atoms with E-state index in [9.17, 15) is 19.6 Å². The van der Waals surface area contributed by atoms with Gasteiger partial charge in [0.15, 0.2) is 0 Å². The molecule has 5 rings (SSSR count). The molecule has 1 aromatic heterocycles. The fraction of sp³-hybridized carbons (Fsp3) is 0.571. The molecule has 9 nitrogen and oxygen atoms in total. The quantitative estimate of drug-likeness (QED) is 0.533. The SMILES string of the molecule is COc1cccc2[nH]c(C(=O)N3CC(C4CCCCC4)C[C@H]3C(=O)N[C@H](C#N)C[C@@H]3CCNC3=O)cc12. The summed E-state index contributed by atoms with van der Waals surface area (Å²) in [5, 5.41) is 16.2. The zero-order valence-corrected chi connectivity index (χ0v) is 21.3. The number of methoxy groups -OCH3 is 1. The first kappa shape index (κ1) is 25.1. The van der Waals surface area contributed by atoms with Gasteiger partial charge in [0.05, 0.1) is 13.2 Å². The van der Waals surface area contributed by atoms with Gasteiger partial charge >= 0.3 is 0 Å². The van der Waals surface area contributed by atoms with Gasteiger partial charge in [0.2, 0.25) is 11.8 Å². The molecule has 0 radical (unpaired) electrons. The summed E-state index contributed by atoms with van der Waals surface area (Å²) < 4.78 is 5.45. The minimum atomic E-state index is -0.774. The van der Waals surface area contributed by atoms with Gasteiger partial charge in [0.1, 0.15) is 23.5 Å². The van der Waals surface area contributed by atoms with Gasteiger partial charge in [-0.15, -0.1) is 0 Å². The van der Waals surface area contributed by atoms with Crippen molar-refractivity contribution in [3.63, 3.8) is 0 Å². The number of hydrogen-bond donors (Lipinski definition) is 3. The Morgan fingerprint density at radius 3 is 2.73 bits per heavy atom. The number of benzene rings is 1. The van der Waals surface area contributed by atoms with Crippen molar-refractivity contribution in [1.29, 1.82) is 5.26 Å². The number of aromatic amines is 1. The Kier molecular flexibility index (Phi) is 7.36. The number of rotatable bonds is 7. The van der Waals surface area contributed by atoms with Crippen LogP contribution in [0.4, 0.5) is 0 Å². The van der Waals surface area contributed by atoms with Crippen LogP contribution in [-0.4, -0.2) is 59.9 Å². The third-order valence-electron chi connectivity index (χ3n) is 8.44. The predicted molar refractivity (Wildman–Crippen MR) is 138 cm³/mol. The molecule has 2 aromatic rings. The molecule has 3 N–H and O–H groups in total. The predicted octanol–water partition coefficient (Wildman–Crippen LogP) is 3.12. The fourth-order valence-electron chi connectivity index (χ4n) is 6.43. The number of carbonyl (C=O) groups is 3. The zero-order chi connectivity index (χ0) is 25.9. The molecule has 1 unspecified atom stereocenters. The molecule has 0 spiro atoms. The molecule has 3 fully saturated rings. The van der Waals surface area contributed by atoms with Gasteiger partial charge in [-0.2, -0.15) is 5.26 Å². The lowest BCUT2D eigenvalue weighted by atomic mass is 9.79. The van der Waals surface area contributed by atoms with Gasteiger partial charge in [0, 0.05) is 29.9 Å². The number of hydrogen-bond acceptors (Lipinski definition) is 5. The first-order valence-corrected chi connectivity index (χ1v) is 13.4. The van der Waals surface area contributed by atoms with E-state index in [4.69, 9.17) is 4.74 Å². The number of nitrogens with zero attached hydrogens (tertiary/aromatic N) is 2. The molecule has 196 valence electrons. The number of aromatic nitrogens is 1. The Morgan fingerprint density at radius 2 is 2.03 bits per heavy atom. The Morgan fingerprint density at radius 1 is 1.22 bits per heavy atom. The summed E-state index contributed by atoms with van der Waals surface area (Å²) in [6, 6.07) is 8.12. The van der Waals surface area contributed by atoms with E-state index in [1.807, 2.05) is 18.2 Å². The van der Waals surface area contributed by atoms with Crippen LogP contribution in [0.25, 0.3) is 10.9 Å². The summed E-state index contributed by atoms with van der Waals surface area (Å²) in [4.78, 5) is 44.2. The molecule has 3 aliphatic rings. The van der Waals surface area contributed by atoms with E-state index < -0.39 is 12.1 Å². The van der Waals surface area contributed by atoms with E-state index in [-0.39, 0.29) is 36.0 Å². The van der Waals surface area contributed by atoms with Crippen molar-refractivity contribution in [2.75, 3.05) is 20.2 Å². The highest BCUT2D eigenvalue weighted by atomic mass is 16.5. The molecule has 2 saturated heterocycles. The van der Waals surface area contributed by atoms with E-state index in [0.717, 1.165) is 23.7 Å². The summed E-state index contributed by atoms with van der Waals surface area (Å²) in [6.45, 7) is 1.12. The van der Waals surface area contributed by atoms with Crippen molar-refractivity contribution in [3.05, 3.63) is 30.0 Å². The summed E-state index contributed by atoms with van der Waals surface area (Å²) in [5.74, 6) is 0.544. The second kappa shape index (κ2) is 10.8. The van der Waals surface area contributed by atoms with Crippen LogP contribution in [0.2, 0.25) is 0 Å². The number of nitriles is 1. The number of carbonyl (C=O) groups excluding carboxylic acids is 3. The first-order chi connectivity index (χ1) is 18.0. The second-order valence-electron chi connectivity index (χ2n) is 10.7. The van der Waals surface area contributed by atoms with Gasteiger partial charge in [-0.1, -0.05) is 38.2 Å². The molecular formula is C28H35N5O4. The molecular weight excluding hydrogens is 470 g/mol. The van der Waals surface area contributed by atoms with Crippen LogP contribution in [0.15, 0.2) is 24.3 Å². The van der Waals surface area contributed by atoms with Crippen LogP contribution in [0.3, 0.4) is 0 Å². The molecule has 3 heterocycles. The summed E-state index contributed by atoms with van der Waals surface area (Å²) in [6.07, 6.45) is 7.40. The summed E-state index contributed by atoms with van der Waals surface area (Å²) >= 11 is 0. The van der Waals surface area contributed by atoms with E-state index >= 15 is 0 Å². The third kappa shape index (κ3) is 5.15. The monoisotopic (exact) mass is 505 g/mol. The molecule has 37 heavy (non-hydrogen) atoms. The lowest BCUT2D eigenvalue weighted by Gasteiger charge is -2.27. The molecule has 9 heteroatoms. The fourth-order valence-corrected chi connectivity index (χ4v) is 6.43. The molecule has 1 aliphatic carbocycles. The zero-order valence-electron chi connectivity index (χ0n) is 21.3. The summed E-state index contributed by atoms with van der Waals surface area (Å²) in [5.41, 5.74) is 1.21. The standard InChI is InChI=1S/C28H35N5O4/c1-37-25-9-5-8-22-21(25)14-23(32-22)28(36)33-16-19(17-6-3-2-4-7-17)13-24(33)27(35)31-20(15-29)12-18-10-11-30-26(18)34/h5,8-9,14,17-20,24,32H,2-4,6-7,10-13,16H2,1H3,(H,30,34)(H,31,35)/t18-,19?,20-,24-/m0/s1. The number of ether oxygens (including phenoxy) is 1. The van der Waals surface area contributed by atoms with Gasteiger partial charge in [0.25, 0.3) is 5.91 Å². The molecule has 4 atom stereocenters. The van der Waals surface area contributed by atoms with Crippen LogP contribution in [0.1, 0.15) is 61.9 Å². The first-order valence-electron chi connectivity index (χ1n) is 13.4. The highest BCUT2D eigenvalue weighted by Gasteiger charge is 2.43. The van der Waals surface area contributed by atoms with Crippen LogP contribution >= 0.6 is 0 Å². The van der Waals surface area contributed by atoms with Gasteiger partial charge < -0.3 is 25.3 Å². The largest absolute Gasteiger partial charge is 0.496 e. The smallest absolute Gasteiger partial charge is 0.270 e. The van der Waals surface area contributed by atoms with Gasteiger partial charge in [-0.3, -0.25) is 14.4 Å². The van der Waals surface area contributed by atoms with Crippen LogP contribution in [-0.2, 0) is 9.59 Å². The lowest BCUT2D eigenvalue weighted by molar-refractivity contribution is -0.126. The number of fused-ring (bicyclic) bond motifs is 1. The lowest BCUT2D eigenvalue weighted by Crippen LogP contribution is -2.49. The van der Waals surface area contributed by atoms with Crippen molar-refractivity contribution in [2.45, 2.75) is 63.5 Å². The Bertz CT molecular complexity index is 1210. The molecule has 1 aromatic carbocycles. The van der Waals surface area contributed by atoms with Gasteiger partial charge in [-0.25, -0.2) is 0 Å². The minimum absolute atomic E-state index is 0.0706. The Balaban J connectivity index is 1.37. The highest BCUT2D eigenvalue weighted by Crippen LogP contribution is 2.38. The molecule has 3 amide bonds. The van der Waals surface area contributed by atoms with Crippen molar-refractivity contribution in [1.82, 2.24) is 20.5 Å². The number of amides is 3. The average Bonchev–Trinajstić information content (AvgIpc) is 3.66. The van der Waals surface area contributed by atoms with Gasteiger partial charge in [-0.05, 0) is 49.3 Å². The third-order valence-corrected chi connectivity index (χ3v) is 8.44. The maximum atomic E-state index is 13.8. The van der Waals surface area contributed by atoms with Crippen LogP contribution in [0.5, 0.6) is 5.75 Å². The highest BCUT2D eigenvalue weighted by molar-refractivity contribution is 6.01. The number of nitrogens with one attached hydrogen (secondary N) is 3. The second-order valence-corrected chi connectivity index (χ2v) is 10.7. The topological polar surface area (TPSA) is 127 Å². The van der Waals surface area contributed by atoms with E-state index in [0.29, 0.717) is 43.3 Å². The molecule has 1 saturated carbocycles.